The van der Waals surface area contributed by atoms with Gasteiger partial charge in [0.2, 0.25) is 11.8 Å². The fourth-order valence-electron chi connectivity index (χ4n) is 1.91. The Morgan fingerprint density at radius 2 is 1.61 bits per heavy atom. The number of thioether (sulfide) groups is 2. The van der Waals surface area contributed by atoms with Crippen molar-refractivity contribution in [3.8, 4) is 0 Å². The average molecular weight is 375 g/mol. The minimum absolute atomic E-state index is 0.00308. The Labute approximate surface area is 151 Å². The van der Waals surface area contributed by atoms with Gasteiger partial charge >= 0.3 is 0 Å². The molecule has 0 unspecified atom stereocenters. The van der Waals surface area contributed by atoms with Crippen molar-refractivity contribution in [2.45, 2.75) is 18.9 Å². The van der Waals surface area contributed by atoms with Gasteiger partial charge in [0.25, 0.3) is 0 Å². The Morgan fingerprint density at radius 1 is 1.04 bits per heavy atom. The van der Waals surface area contributed by atoms with Crippen LogP contribution in [0.15, 0.2) is 24.3 Å². The lowest BCUT2D eigenvalue weighted by Gasteiger charge is -2.20. The van der Waals surface area contributed by atoms with Crippen molar-refractivity contribution in [1.82, 2.24) is 10.6 Å². The van der Waals surface area contributed by atoms with Crippen LogP contribution in [0, 0.1) is 0 Å². The van der Waals surface area contributed by atoms with Gasteiger partial charge in [0.15, 0.2) is 0 Å². The molecule has 1 atom stereocenters. The second kappa shape index (κ2) is 11.6. The molecule has 0 aliphatic carbocycles. The quantitative estimate of drug-likeness (QED) is 0.660. The van der Waals surface area contributed by atoms with Crippen LogP contribution < -0.4 is 10.6 Å². The van der Waals surface area contributed by atoms with Crippen LogP contribution in [0.3, 0.4) is 0 Å². The second-order valence-corrected chi connectivity index (χ2v) is 7.37. The third-order valence-electron chi connectivity index (χ3n) is 3.18. The molecule has 1 aromatic carbocycles. The van der Waals surface area contributed by atoms with Crippen LogP contribution in [0.4, 0.5) is 0 Å². The summed E-state index contributed by atoms with van der Waals surface area (Å²) in [6.45, 7) is 0.375. The lowest BCUT2D eigenvalue weighted by atomic mass is 10.1. The van der Waals surface area contributed by atoms with E-state index in [1.54, 1.807) is 35.7 Å². The van der Waals surface area contributed by atoms with E-state index < -0.39 is 0 Å². The summed E-state index contributed by atoms with van der Waals surface area (Å²) in [5, 5.41) is 6.51. The van der Waals surface area contributed by atoms with E-state index in [0.717, 1.165) is 17.1 Å². The van der Waals surface area contributed by atoms with Crippen LogP contribution >= 0.6 is 35.1 Å². The lowest BCUT2D eigenvalue weighted by molar-refractivity contribution is -0.123. The number of hydrogen-bond acceptors (Lipinski definition) is 4. The lowest BCUT2D eigenvalue weighted by Crippen LogP contribution is -2.38. The van der Waals surface area contributed by atoms with Gasteiger partial charge in [-0.15, -0.1) is 0 Å². The molecule has 0 spiro atoms. The van der Waals surface area contributed by atoms with Gasteiger partial charge in [-0.3, -0.25) is 9.59 Å². The highest BCUT2D eigenvalue weighted by Gasteiger charge is 2.15. The molecule has 0 aliphatic rings. The highest BCUT2D eigenvalue weighted by molar-refractivity contribution is 7.98. The molecule has 4 nitrogen and oxygen atoms in total. The van der Waals surface area contributed by atoms with Gasteiger partial charge in [-0.05, 0) is 30.2 Å². The molecule has 0 aromatic heterocycles. The maximum atomic E-state index is 12.0. The molecule has 128 valence electrons. The Morgan fingerprint density at radius 3 is 2.17 bits per heavy atom. The third kappa shape index (κ3) is 8.53. The van der Waals surface area contributed by atoms with Crippen molar-refractivity contribution in [2.75, 3.05) is 30.6 Å². The number of carbonyl (C=O) groups excluding carboxylic acids is 2. The van der Waals surface area contributed by atoms with Crippen molar-refractivity contribution in [3.63, 3.8) is 0 Å². The van der Waals surface area contributed by atoms with Gasteiger partial charge in [-0.25, -0.2) is 0 Å². The van der Waals surface area contributed by atoms with Crippen LogP contribution in [0.2, 0.25) is 5.02 Å². The van der Waals surface area contributed by atoms with Gasteiger partial charge < -0.3 is 10.6 Å². The monoisotopic (exact) mass is 374 g/mol. The Bertz CT molecular complexity index is 497. The Hall–Kier alpha value is -0.850. The molecular weight excluding hydrogens is 352 g/mol. The molecule has 2 amide bonds. The van der Waals surface area contributed by atoms with Crippen molar-refractivity contribution in [1.29, 1.82) is 0 Å². The fourth-order valence-corrected chi connectivity index (χ4v) is 2.81. The molecule has 0 radical (unpaired) electrons. The van der Waals surface area contributed by atoms with E-state index in [9.17, 15) is 9.59 Å². The van der Waals surface area contributed by atoms with Crippen LogP contribution in [0.25, 0.3) is 0 Å². The molecule has 7 heteroatoms. The topological polar surface area (TPSA) is 58.2 Å². The van der Waals surface area contributed by atoms with Crippen molar-refractivity contribution < 1.29 is 9.59 Å². The summed E-state index contributed by atoms with van der Waals surface area (Å²) >= 11 is 9.18. The first kappa shape index (κ1) is 20.2. The van der Waals surface area contributed by atoms with E-state index in [4.69, 9.17) is 11.6 Å². The summed E-state index contributed by atoms with van der Waals surface area (Å²) in [5.41, 5.74) is 0.928. The number of benzene rings is 1. The van der Waals surface area contributed by atoms with Gasteiger partial charge in [0, 0.05) is 35.9 Å². The standard InChI is InChI=1S/C16H23ClN2O2S2/c1-22-9-7-15(20)18-11-14(19-16(21)8-10-23-2)12-3-5-13(17)6-4-12/h3-6,14H,7-11H2,1-2H3,(H,18,20)(H,19,21)/t14-/m1/s1. The number of rotatable bonds is 10. The van der Waals surface area contributed by atoms with Crippen molar-refractivity contribution in [3.05, 3.63) is 34.9 Å². The molecule has 1 rings (SSSR count). The zero-order valence-corrected chi connectivity index (χ0v) is 15.8. The maximum absolute atomic E-state index is 12.0. The molecule has 0 saturated carbocycles. The third-order valence-corrected chi connectivity index (χ3v) is 4.65. The predicted molar refractivity (Wildman–Crippen MR) is 101 cm³/mol. The number of nitrogens with one attached hydrogen (secondary N) is 2. The molecule has 1 aromatic rings. The highest BCUT2D eigenvalue weighted by Crippen LogP contribution is 2.16. The first-order chi connectivity index (χ1) is 11.1. The van der Waals surface area contributed by atoms with Crippen LogP contribution in [0.5, 0.6) is 0 Å². The van der Waals surface area contributed by atoms with Gasteiger partial charge in [0.05, 0.1) is 6.04 Å². The van der Waals surface area contributed by atoms with Gasteiger partial charge in [0.1, 0.15) is 0 Å². The molecule has 0 saturated heterocycles. The van der Waals surface area contributed by atoms with Crippen LogP contribution in [0.1, 0.15) is 24.4 Å². The molecule has 23 heavy (non-hydrogen) atoms. The molecule has 0 aliphatic heterocycles. The molecule has 0 fully saturated rings. The highest BCUT2D eigenvalue weighted by atomic mass is 35.5. The van der Waals surface area contributed by atoms with E-state index in [1.165, 1.54) is 0 Å². The maximum Gasteiger partial charge on any atom is 0.221 e. The Kier molecular flexibility index (Phi) is 10.2. The first-order valence-electron chi connectivity index (χ1n) is 7.36. The van der Waals surface area contributed by atoms with E-state index in [1.807, 2.05) is 24.6 Å². The SMILES string of the molecule is CSCCC(=O)NC[C@@H](NC(=O)CCSC)c1ccc(Cl)cc1. The van der Waals surface area contributed by atoms with Crippen LogP contribution in [-0.2, 0) is 9.59 Å². The Balaban J connectivity index is 2.66. The van der Waals surface area contributed by atoms with E-state index >= 15 is 0 Å². The predicted octanol–water partition coefficient (Wildman–Crippen LogP) is 3.12. The normalized spacial score (nSPS) is 11.8. The largest absolute Gasteiger partial charge is 0.354 e. The number of halogens is 1. The smallest absolute Gasteiger partial charge is 0.221 e. The molecule has 2 N–H and O–H groups in total. The van der Waals surface area contributed by atoms with Crippen molar-refractivity contribution in [2.24, 2.45) is 0 Å². The summed E-state index contributed by atoms with van der Waals surface area (Å²) in [6, 6.07) is 7.06. The molecular formula is C16H23ClN2O2S2. The minimum Gasteiger partial charge on any atom is -0.354 e. The van der Waals surface area contributed by atoms with Crippen molar-refractivity contribution >= 4 is 46.9 Å². The van der Waals surface area contributed by atoms with Crippen LogP contribution in [-0.4, -0.2) is 42.4 Å². The summed E-state index contributed by atoms with van der Waals surface area (Å²) in [5.74, 6) is 1.55. The van der Waals surface area contributed by atoms with E-state index in [0.29, 0.717) is 24.4 Å². The fraction of sp³-hybridized carbons (Fsp3) is 0.500. The van der Waals surface area contributed by atoms with E-state index in [-0.39, 0.29) is 17.9 Å². The zero-order chi connectivity index (χ0) is 17.1. The summed E-state index contributed by atoms with van der Waals surface area (Å²) in [7, 11) is 0. The second-order valence-electron chi connectivity index (χ2n) is 4.96. The average Bonchev–Trinajstić information content (AvgIpc) is 2.55. The summed E-state index contributed by atoms with van der Waals surface area (Å²) in [4.78, 5) is 23.8. The number of amides is 2. The summed E-state index contributed by atoms with van der Waals surface area (Å²) < 4.78 is 0. The summed E-state index contributed by atoms with van der Waals surface area (Å²) in [6.07, 6.45) is 4.88. The zero-order valence-electron chi connectivity index (χ0n) is 13.4. The number of carbonyl (C=O) groups is 2. The van der Waals surface area contributed by atoms with E-state index in [2.05, 4.69) is 10.6 Å². The number of hydrogen-bond donors (Lipinski definition) is 2. The minimum atomic E-state index is -0.250. The first-order valence-corrected chi connectivity index (χ1v) is 10.5. The molecule has 0 bridgehead atoms. The molecule has 0 heterocycles. The van der Waals surface area contributed by atoms with Gasteiger partial charge in [-0.1, -0.05) is 23.7 Å². The van der Waals surface area contributed by atoms with Gasteiger partial charge in [-0.2, -0.15) is 23.5 Å².